The second-order valence-corrected chi connectivity index (χ2v) is 9.73. The SMILES string of the molecule is O=C(c1ccc(Br)c(Cl)c1)N1CCn2c(c3n(c2=O)C[C@H](F)CN(Cc2ccccc2)C3=O)C1. The predicted octanol–water partition coefficient (Wildman–Crippen LogP) is 3.72. The van der Waals surface area contributed by atoms with Gasteiger partial charge in [0.25, 0.3) is 11.8 Å². The Bertz CT molecular complexity index is 1340. The molecule has 3 heterocycles. The number of alkyl halides is 1. The molecule has 176 valence electrons. The van der Waals surface area contributed by atoms with Crippen molar-refractivity contribution in [2.75, 3.05) is 13.1 Å². The third-order valence-electron chi connectivity index (χ3n) is 6.22. The Morgan fingerprint density at radius 2 is 1.82 bits per heavy atom. The van der Waals surface area contributed by atoms with Gasteiger partial charge in [-0.05, 0) is 39.7 Å². The third-order valence-corrected chi connectivity index (χ3v) is 7.46. The van der Waals surface area contributed by atoms with Crippen molar-refractivity contribution < 1.29 is 14.0 Å². The molecule has 0 saturated heterocycles. The van der Waals surface area contributed by atoms with Gasteiger partial charge < -0.3 is 9.80 Å². The van der Waals surface area contributed by atoms with Crippen LogP contribution in [0.5, 0.6) is 0 Å². The van der Waals surface area contributed by atoms with Crippen molar-refractivity contribution in [2.24, 2.45) is 0 Å². The van der Waals surface area contributed by atoms with Gasteiger partial charge in [-0.25, -0.2) is 9.18 Å². The van der Waals surface area contributed by atoms with E-state index in [1.807, 2.05) is 30.3 Å². The molecule has 0 aliphatic carbocycles. The number of benzene rings is 2. The van der Waals surface area contributed by atoms with Crippen LogP contribution in [0.4, 0.5) is 4.39 Å². The Morgan fingerprint density at radius 1 is 1.06 bits per heavy atom. The number of hydrogen-bond acceptors (Lipinski definition) is 3. The molecule has 0 saturated carbocycles. The summed E-state index contributed by atoms with van der Waals surface area (Å²) < 4.78 is 18.3. The highest BCUT2D eigenvalue weighted by Crippen LogP contribution is 2.26. The first-order valence-corrected chi connectivity index (χ1v) is 12.0. The van der Waals surface area contributed by atoms with Crippen molar-refractivity contribution in [1.82, 2.24) is 18.9 Å². The molecule has 2 aliphatic heterocycles. The van der Waals surface area contributed by atoms with Crippen molar-refractivity contribution in [1.29, 1.82) is 0 Å². The first-order valence-electron chi connectivity index (χ1n) is 10.9. The largest absolute Gasteiger partial charge is 0.331 e. The summed E-state index contributed by atoms with van der Waals surface area (Å²) in [5.41, 5.74) is 1.46. The van der Waals surface area contributed by atoms with Crippen molar-refractivity contribution in [3.63, 3.8) is 0 Å². The van der Waals surface area contributed by atoms with Crippen LogP contribution in [0, 0.1) is 0 Å². The number of fused-ring (bicyclic) bond motifs is 3. The molecule has 1 atom stereocenters. The second-order valence-electron chi connectivity index (χ2n) is 8.46. The average Bonchev–Trinajstić information content (AvgIpc) is 3.03. The molecule has 0 bridgehead atoms. The molecule has 0 N–H and O–H groups in total. The number of halogens is 3. The van der Waals surface area contributed by atoms with E-state index in [2.05, 4.69) is 15.9 Å². The molecule has 0 radical (unpaired) electrons. The van der Waals surface area contributed by atoms with E-state index >= 15 is 0 Å². The Morgan fingerprint density at radius 3 is 2.56 bits per heavy atom. The van der Waals surface area contributed by atoms with Crippen LogP contribution in [0.1, 0.15) is 32.1 Å². The first kappa shape index (κ1) is 22.9. The van der Waals surface area contributed by atoms with Crippen LogP contribution in [-0.2, 0) is 26.2 Å². The summed E-state index contributed by atoms with van der Waals surface area (Å²) in [5, 5.41) is 0.415. The highest BCUT2D eigenvalue weighted by atomic mass is 79.9. The monoisotopic (exact) mass is 546 g/mol. The van der Waals surface area contributed by atoms with Gasteiger partial charge in [-0.3, -0.25) is 18.7 Å². The highest BCUT2D eigenvalue weighted by molar-refractivity contribution is 9.10. The van der Waals surface area contributed by atoms with Crippen LogP contribution < -0.4 is 5.69 Å². The fourth-order valence-electron chi connectivity index (χ4n) is 4.57. The maximum atomic E-state index is 14.8. The van der Waals surface area contributed by atoms with Gasteiger partial charge in [0.2, 0.25) is 0 Å². The van der Waals surface area contributed by atoms with E-state index in [9.17, 15) is 18.8 Å². The molecule has 34 heavy (non-hydrogen) atoms. The van der Waals surface area contributed by atoms with E-state index in [1.54, 1.807) is 23.1 Å². The van der Waals surface area contributed by atoms with E-state index in [4.69, 9.17) is 11.6 Å². The summed E-state index contributed by atoms with van der Waals surface area (Å²) in [6.45, 7) is 0.539. The van der Waals surface area contributed by atoms with E-state index in [0.717, 1.165) is 5.56 Å². The summed E-state index contributed by atoms with van der Waals surface area (Å²) in [6.07, 6.45) is -1.38. The van der Waals surface area contributed by atoms with Crippen molar-refractivity contribution in [3.05, 3.63) is 91.0 Å². The zero-order chi connectivity index (χ0) is 24.0. The number of aromatic nitrogens is 2. The second kappa shape index (κ2) is 9.03. The minimum atomic E-state index is -1.38. The van der Waals surface area contributed by atoms with Gasteiger partial charge in [-0.1, -0.05) is 41.9 Å². The molecule has 10 heteroatoms. The molecule has 0 spiro atoms. The summed E-state index contributed by atoms with van der Waals surface area (Å²) in [5.74, 6) is -0.658. The third kappa shape index (κ3) is 4.07. The topological polar surface area (TPSA) is 67.6 Å². The summed E-state index contributed by atoms with van der Waals surface area (Å²) in [7, 11) is 0. The Kier molecular flexibility index (Phi) is 6.07. The first-order chi connectivity index (χ1) is 16.3. The molecule has 5 rings (SSSR count). The van der Waals surface area contributed by atoms with Gasteiger partial charge in [0, 0.05) is 29.7 Å². The van der Waals surface area contributed by atoms with Gasteiger partial charge in [0.15, 0.2) is 0 Å². The number of imidazole rings is 1. The van der Waals surface area contributed by atoms with Crippen LogP contribution in [0.15, 0.2) is 57.8 Å². The predicted molar refractivity (Wildman–Crippen MR) is 129 cm³/mol. The lowest BCUT2D eigenvalue weighted by atomic mass is 10.1. The van der Waals surface area contributed by atoms with Crippen molar-refractivity contribution >= 4 is 39.3 Å². The van der Waals surface area contributed by atoms with Crippen LogP contribution in [0.25, 0.3) is 0 Å². The van der Waals surface area contributed by atoms with E-state index in [1.165, 1.54) is 14.0 Å². The lowest BCUT2D eigenvalue weighted by Crippen LogP contribution is -2.42. The Hall–Kier alpha value is -2.91. The number of nitrogens with zero attached hydrogens (tertiary/aromatic N) is 4. The lowest BCUT2D eigenvalue weighted by Gasteiger charge is -2.29. The maximum Gasteiger partial charge on any atom is 0.329 e. The van der Waals surface area contributed by atoms with Gasteiger partial charge in [-0.15, -0.1) is 0 Å². The number of carbonyl (C=O) groups is 2. The zero-order valence-electron chi connectivity index (χ0n) is 18.1. The molecule has 2 amide bonds. The summed E-state index contributed by atoms with van der Waals surface area (Å²) in [6, 6.07) is 14.3. The minimum absolute atomic E-state index is 0.0754. The van der Waals surface area contributed by atoms with Crippen LogP contribution in [-0.4, -0.2) is 50.0 Å². The Labute approximate surface area is 208 Å². The summed E-state index contributed by atoms with van der Waals surface area (Å²) in [4.78, 5) is 42.8. The normalized spacial score (nSPS) is 17.9. The average molecular weight is 548 g/mol. The maximum absolute atomic E-state index is 14.8. The fraction of sp³-hybridized carbons (Fsp3) is 0.292. The number of carbonyl (C=O) groups excluding carboxylic acids is 2. The molecular weight excluding hydrogens is 527 g/mol. The van der Waals surface area contributed by atoms with Crippen molar-refractivity contribution in [2.45, 2.75) is 32.4 Å². The Balaban J connectivity index is 1.49. The van der Waals surface area contributed by atoms with Gasteiger partial charge in [0.1, 0.15) is 11.9 Å². The highest BCUT2D eigenvalue weighted by Gasteiger charge is 2.37. The molecule has 7 nitrogen and oxygen atoms in total. The van der Waals surface area contributed by atoms with Crippen molar-refractivity contribution in [3.8, 4) is 0 Å². The molecule has 3 aromatic rings. The molecule has 0 fully saturated rings. The molecule has 2 aromatic carbocycles. The van der Waals surface area contributed by atoms with E-state index in [-0.39, 0.29) is 44.3 Å². The molecule has 2 aliphatic rings. The quantitative estimate of drug-likeness (QED) is 0.502. The summed E-state index contributed by atoms with van der Waals surface area (Å²) >= 11 is 9.47. The zero-order valence-corrected chi connectivity index (χ0v) is 20.4. The van der Waals surface area contributed by atoms with Crippen LogP contribution in [0.3, 0.4) is 0 Å². The van der Waals surface area contributed by atoms with E-state index < -0.39 is 17.8 Å². The smallest absolute Gasteiger partial charge is 0.329 e. The number of amides is 2. The van der Waals surface area contributed by atoms with Crippen LogP contribution in [0.2, 0.25) is 5.02 Å². The van der Waals surface area contributed by atoms with Crippen LogP contribution >= 0.6 is 27.5 Å². The minimum Gasteiger partial charge on any atom is -0.331 e. The molecule has 1 aromatic heterocycles. The lowest BCUT2D eigenvalue weighted by molar-refractivity contribution is 0.0676. The van der Waals surface area contributed by atoms with E-state index in [0.29, 0.717) is 27.3 Å². The number of hydrogen-bond donors (Lipinski definition) is 0. The molecular formula is C24H21BrClFN4O3. The standard InChI is InChI=1S/C24H21BrClFN4O3/c25-18-7-6-16(10-19(18)26)22(32)28-8-9-30-20(14-28)21-23(33)29(11-15-4-2-1-3-5-15)12-17(27)13-31(21)24(30)34/h1-7,10,17H,8-9,11-14H2/t17-/m1/s1. The van der Waals surface area contributed by atoms with Gasteiger partial charge >= 0.3 is 5.69 Å². The fourth-order valence-corrected chi connectivity index (χ4v) is 5.00. The van der Waals surface area contributed by atoms with Gasteiger partial charge in [0.05, 0.1) is 30.4 Å². The van der Waals surface area contributed by atoms with Gasteiger partial charge in [-0.2, -0.15) is 0 Å². The molecule has 0 unspecified atom stereocenters. The number of rotatable bonds is 3.